The number of thiophene rings is 1. The van der Waals surface area contributed by atoms with Crippen molar-refractivity contribution in [2.24, 2.45) is 0 Å². The van der Waals surface area contributed by atoms with Crippen LogP contribution in [0.1, 0.15) is 27.5 Å². The molecule has 0 bridgehead atoms. The molecule has 2 unspecified atom stereocenters. The monoisotopic (exact) mass is 444 g/mol. The molecule has 4 rings (SSSR count). The maximum Gasteiger partial charge on any atom is 0.229 e. The largest absolute Gasteiger partial charge is 0.351 e. The number of aryl methyl sites for hydroxylation is 1. The molecule has 150 valence electrons. The van der Waals surface area contributed by atoms with Gasteiger partial charge in [-0.05, 0) is 67.7 Å². The van der Waals surface area contributed by atoms with Gasteiger partial charge in [-0.3, -0.25) is 9.71 Å². The molecule has 0 radical (unpaired) electrons. The molecule has 3 heterocycles. The number of aromatic nitrogens is 1. The highest BCUT2D eigenvalue weighted by Gasteiger charge is 2.41. The van der Waals surface area contributed by atoms with E-state index < -0.39 is 10.0 Å². The van der Waals surface area contributed by atoms with E-state index in [0.29, 0.717) is 10.8 Å². The number of anilines is 2. The lowest BCUT2D eigenvalue weighted by Gasteiger charge is -2.27. The predicted octanol–water partition coefficient (Wildman–Crippen LogP) is 4.00. The molecule has 9 heteroatoms. The summed E-state index contributed by atoms with van der Waals surface area (Å²) in [4.78, 5) is 9.02. The Kier molecular flexibility index (Phi) is 5.28. The molecule has 2 N–H and O–H groups in total. The number of thiocarbonyl (C=S) groups is 1. The normalized spacial score (nSPS) is 19.2. The highest BCUT2D eigenvalue weighted by molar-refractivity contribution is 7.92. The number of nitrogens with zero attached hydrogens (tertiary/aromatic N) is 2. The van der Waals surface area contributed by atoms with Gasteiger partial charge in [0.25, 0.3) is 0 Å². The van der Waals surface area contributed by atoms with E-state index in [-0.39, 0.29) is 12.1 Å². The smallest absolute Gasteiger partial charge is 0.229 e. The Hall–Kier alpha value is -2.49. The number of sulfonamides is 1. The summed E-state index contributed by atoms with van der Waals surface area (Å²) in [5, 5.41) is 4.03. The van der Waals surface area contributed by atoms with Crippen LogP contribution >= 0.6 is 23.6 Å². The molecular formula is C20H20N4O2S3. The van der Waals surface area contributed by atoms with E-state index in [1.165, 1.54) is 9.75 Å². The summed E-state index contributed by atoms with van der Waals surface area (Å²) in [6, 6.07) is 17.2. The Morgan fingerprint density at radius 2 is 1.90 bits per heavy atom. The van der Waals surface area contributed by atoms with Crippen molar-refractivity contribution in [3.8, 4) is 0 Å². The van der Waals surface area contributed by atoms with Gasteiger partial charge in [0, 0.05) is 27.3 Å². The minimum Gasteiger partial charge on any atom is -0.351 e. The summed E-state index contributed by atoms with van der Waals surface area (Å²) >= 11 is 7.42. The van der Waals surface area contributed by atoms with Crippen molar-refractivity contribution in [3.63, 3.8) is 0 Å². The van der Waals surface area contributed by atoms with E-state index in [1.807, 2.05) is 30.3 Å². The van der Waals surface area contributed by atoms with Crippen molar-refractivity contribution in [1.29, 1.82) is 0 Å². The number of pyridine rings is 1. The minimum atomic E-state index is -3.32. The lowest BCUT2D eigenvalue weighted by atomic mass is 10.0. The van der Waals surface area contributed by atoms with Gasteiger partial charge in [-0.1, -0.05) is 6.07 Å². The maximum atomic E-state index is 11.5. The van der Waals surface area contributed by atoms with Crippen molar-refractivity contribution >= 4 is 50.1 Å². The van der Waals surface area contributed by atoms with Gasteiger partial charge in [0.2, 0.25) is 10.0 Å². The fraction of sp³-hybridized carbons (Fsp3) is 0.200. The first kappa shape index (κ1) is 19.8. The molecule has 0 amide bonds. The number of rotatable bonds is 5. The molecule has 3 aromatic rings. The van der Waals surface area contributed by atoms with E-state index in [9.17, 15) is 8.42 Å². The van der Waals surface area contributed by atoms with Crippen LogP contribution in [0.5, 0.6) is 0 Å². The molecule has 2 aromatic heterocycles. The van der Waals surface area contributed by atoms with Crippen molar-refractivity contribution in [2.45, 2.75) is 19.0 Å². The third-order valence-electron chi connectivity index (χ3n) is 4.60. The second-order valence-electron chi connectivity index (χ2n) is 6.87. The fourth-order valence-corrected chi connectivity index (χ4v) is 5.35. The lowest BCUT2D eigenvalue weighted by Crippen LogP contribution is -2.29. The van der Waals surface area contributed by atoms with E-state index in [2.05, 4.69) is 39.0 Å². The summed E-state index contributed by atoms with van der Waals surface area (Å²) in [6.45, 7) is 2.08. The lowest BCUT2D eigenvalue weighted by molar-refractivity contribution is 0.575. The molecule has 1 aliphatic rings. The first-order valence-electron chi connectivity index (χ1n) is 8.97. The topological polar surface area (TPSA) is 74.3 Å². The highest BCUT2D eigenvalue weighted by Crippen LogP contribution is 2.43. The van der Waals surface area contributed by atoms with E-state index in [1.54, 1.807) is 29.7 Å². The van der Waals surface area contributed by atoms with Gasteiger partial charge < -0.3 is 10.2 Å². The third kappa shape index (κ3) is 4.26. The zero-order valence-electron chi connectivity index (χ0n) is 15.9. The number of benzene rings is 1. The second kappa shape index (κ2) is 7.74. The first-order valence-corrected chi connectivity index (χ1v) is 12.1. The Morgan fingerprint density at radius 3 is 2.48 bits per heavy atom. The van der Waals surface area contributed by atoms with Gasteiger partial charge in [-0.25, -0.2) is 8.42 Å². The summed E-state index contributed by atoms with van der Waals surface area (Å²) in [7, 11) is -3.32. The quantitative estimate of drug-likeness (QED) is 0.580. The zero-order chi connectivity index (χ0) is 20.6. The van der Waals surface area contributed by atoms with Crippen LogP contribution in [0.15, 0.2) is 60.8 Å². The molecule has 0 spiro atoms. The number of hydrogen-bond acceptors (Lipinski definition) is 5. The molecule has 0 aliphatic carbocycles. The highest BCUT2D eigenvalue weighted by atomic mass is 32.2. The average molecular weight is 445 g/mol. The SMILES string of the molecule is Cc1ccc(C2C(c3ccccn3)NC(=S)N2c2ccc(NS(C)(=O)=O)cc2)s1. The molecule has 1 aromatic carbocycles. The van der Waals surface area contributed by atoms with E-state index >= 15 is 0 Å². The van der Waals surface area contributed by atoms with Crippen LogP contribution in [0.25, 0.3) is 0 Å². The van der Waals surface area contributed by atoms with Gasteiger partial charge in [0.05, 0.1) is 24.0 Å². The Labute approximate surface area is 179 Å². The fourth-order valence-electron chi connectivity index (χ4n) is 3.44. The van der Waals surface area contributed by atoms with Crippen LogP contribution in [-0.2, 0) is 10.0 Å². The summed E-state index contributed by atoms with van der Waals surface area (Å²) in [6.07, 6.45) is 2.91. The molecule has 0 saturated carbocycles. The third-order valence-corrected chi connectivity index (χ3v) is 6.59. The van der Waals surface area contributed by atoms with Gasteiger partial charge in [-0.2, -0.15) is 0 Å². The van der Waals surface area contributed by atoms with Crippen LogP contribution in [0.4, 0.5) is 11.4 Å². The molecule has 2 atom stereocenters. The standard InChI is InChI=1S/C20H20N4O2S3/c1-13-6-11-17(28-13)19-18(16-5-3-4-12-21-16)22-20(27)24(19)15-9-7-14(8-10-15)23-29(2,25)26/h3-12,18-19,23H,1-2H3,(H,22,27). The van der Waals surface area contributed by atoms with Crippen LogP contribution in [-0.4, -0.2) is 24.8 Å². The minimum absolute atomic E-state index is 0.0511. The Balaban J connectivity index is 1.73. The molecule has 1 aliphatic heterocycles. The molecule has 1 saturated heterocycles. The summed E-state index contributed by atoms with van der Waals surface area (Å²) in [5.74, 6) is 0. The molecule has 1 fully saturated rings. The molecule has 6 nitrogen and oxygen atoms in total. The summed E-state index contributed by atoms with van der Waals surface area (Å²) < 4.78 is 25.4. The van der Waals surface area contributed by atoms with Gasteiger partial charge >= 0.3 is 0 Å². The van der Waals surface area contributed by atoms with Crippen molar-refractivity contribution in [3.05, 3.63) is 76.2 Å². The van der Waals surface area contributed by atoms with Crippen molar-refractivity contribution in [2.75, 3.05) is 15.9 Å². The van der Waals surface area contributed by atoms with Crippen LogP contribution in [0.3, 0.4) is 0 Å². The van der Waals surface area contributed by atoms with Crippen molar-refractivity contribution in [1.82, 2.24) is 10.3 Å². The number of hydrogen-bond donors (Lipinski definition) is 2. The second-order valence-corrected chi connectivity index (χ2v) is 10.3. The first-order chi connectivity index (χ1) is 13.8. The van der Waals surface area contributed by atoms with Gasteiger partial charge in [0.1, 0.15) is 0 Å². The summed E-state index contributed by atoms with van der Waals surface area (Å²) in [5.41, 5.74) is 2.32. The van der Waals surface area contributed by atoms with Crippen LogP contribution in [0.2, 0.25) is 0 Å². The Morgan fingerprint density at radius 1 is 1.14 bits per heavy atom. The van der Waals surface area contributed by atoms with E-state index in [4.69, 9.17) is 12.2 Å². The average Bonchev–Trinajstić information content (AvgIpc) is 3.25. The maximum absolute atomic E-state index is 11.5. The van der Waals surface area contributed by atoms with E-state index in [0.717, 1.165) is 17.6 Å². The van der Waals surface area contributed by atoms with Gasteiger partial charge in [0.15, 0.2) is 5.11 Å². The Bertz CT molecular complexity index is 1130. The van der Waals surface area contributed by atoms with Gasteiger partial charge in [-0.15, -0.1) is 11.3 Å². The molecule has 29 heavy (non-hydrogen) atoms. The number of nitrogens with one attached hydrogen (secondary N) is 2. The van der Waals surface area contributed by atoms with Crippen molar-refractivity contribution < 1.29 is 8.42 Å². The molecular weight excluding hydrogens is 424 g/mol. The zero-order valence-corrected chi connectivity index (χ0v) is 18.3. The predicted molar refractivity (Wildman–Crippen MR) is 122 cm³/mol. The van der Waals surface area contributed by atoms with Crippen LogP contribution in [0, 0.1) is 6.92 Å². The van der Waals surface area contributed by atoms with Crippen LogP contribution < -0.4 is 14.9 Å².